The number of ether oxygens (including phenoxy) is 1. The molecule has 3 aliphatic rings. The maximum absolute atomic E-state index is 6.00. The van der Waals surface area contributed by atoms with Crippen LogP contribution in [0.4, 0.5) is 0 Å². The van der Waals surface area contributed by atoms with Crippen LogP contribution < -0.4 is 0 Å². The predicted octanol–water partition coefficient (Wildman–Crippen LogP) is 1.80. The summed E-state index contributed by atoms with van der Waals surface area (Å²) < 4.78 is 11.7. The average Bonchev–Trinajstić information content (AvgIpc) is 3.10. The monoisotopic (exact) mass is 263 g/mol. The zero-order valence-corrected chi connectivity index (χ0v) is 11.6. The molecule has 1 aromatic rings. The van der Waals surface area contributed by atoms with Crippen LogP contribution in [0.15, 0.2) is 4.42 Å². The van der Waals surface area contributed by atoms with Crippen LogP contribution in [0.3, 0.4) is 0 Å². The Hall–Kier alpha value is -0.940. The molecule has 4 rings (SSSR count). The van der Waals surface area contributed by atoms with Crippen molar-refractivity contribution in [1.29, 1.82) is 0 Å². The fraction of sp³-hybridized carbons (Fsp3) is 0.857. The summed E-state index contributed by atoms with van der Waals surface area (Å²) >= 11 is 0. The molecule has 1 aromatic heterocycles. The number of fused-ring (bicyclic) bond motifs is 5. The molecular weight excluding hydrogens is 242 g/mol. The highest BCUT2D eigenvalue weighted by molar-refractivity contribution is 5.02. The third kappa shape index (κ3) is 1.91. The molecule has 5 heteroatoms. The van der Waals surface area contributed by atoms with Crippen molar-refractivity contribution in [3.05, 3.63) is 11.8 Å². The third-order valence-electron chi connectivity index (χ3n) is 4.86. The van der Waals surface area contributed by atoms with Crippen LogP contribution in [0.5, 0.6) is 0 Å². The van der Waals surface area contributed by atoms with E-state index in [1.165, 1.54) is 12.8 Å². The SMILES string of the molecule is CC(C)c1nnc(CN2CC3C4CCC(O4)C3C2)o1. The van der Waals surface area contributed by atoms with Crippen LogP contribution in [0.25, 0.3) is 0 Å². The Morgan fingerprint density at radius 3 is 2.42 bits per heavy atom. The molecule has 0 N–H and O–H groups in total. The normalized spacial score (nSPS) is 37.4. The number of rotatable bonds is 3. The van der Waals surface area contributed by atoms with Crippen molar-refractivity contribution in [2.24, 2.45) is 11.8 Å². The quantitative estimate of drug-likeness (QED) is 0.832. The van der Waals surface area contributed by atoms with Gasteiger partial charge in [-0.05, 0) is 12.8 Å². The van der Waals surface area contributed by atoms with Gasteiger partial charge in [-0.25, -0.2) is 0 Å². The van der Waals surface area contributed by atoms with Crippen LogP contribution >= 0.6 is 0 Å². The van der Waals surface area contributed by atoms with Gasteiger partial charge in [0.15, 0.2) is 0 Å². The van der Waals surface area contributed by atoms with Gasteiger partial charge in [-0.2, -0.15) is 0 Å². The average molecular weight is 263 g/mol. The van der Waals surface area contributed by atoms with Gasteiger partial charge in [0.05, 0.1) is 18.8 Å². The van der Waals surface area contributed by atoms with E-state index >= 15 is 0 Å². The number of likely N-dealkylation sites (tertiary alicyclic amines) is 1. The van der Waals surface area contributed by atoms with Gasteiger partial charge in [0.25, 0.3) is 0 Å². The summed E-state index contributed by atoms with van der Waals surface area (Å²) in [5.41, 5.74) is 0. The Labute approximate surface area is 113 Å². The second kappa shape index (κ2) is 4.28. The molecule has 0 amide bonds. The lowest BCUT2D eigenvalue weighted by molar-refractivity contribution is 0.0685. The van der Waals surface area contributed by atoms with Crippen molar-refractivity contribution in [3.8, 4) is 0 Å². The first-order valence-electron chi connectivity index (χ1n) is 7.41. The fourth-order valence-electron chi connectivity index (χ4n) is 3.93. The maximum Gasteiger partial charge on any atom is 0.230 e. The number of hydrogen-bond donors (Lipinski definition) is 0. The van der Waals surface area contributed by atoms with Crippen LogP contribution in [0.2, 0.25) is 0 Å². The van der Waals surface area contributed by atoms with Crippen molar-refractivity contribution in [3.63, 3.8) is 0 Å². The van der Waals surface area contributed by atoms with E-state index in [-0.39, 0.29) is 0 Å². The molecular formula is C14H21N3O2. The Morgan fingerprint density at radius 2 is 1.84 bits per heavy atom. The molecule has 4 unspecified atom stereocenters. The summed E-state index contributed by atoms with van der Waals surface area (Å²) in [5, 5.41) is 8.26. The van der Waals surface area contributed by atoms with Gasteiger partial charge in [-0.1, -0.05) is 13.8 Å². The molecule has 2 bridgehead atoms. The first-order chi connectivity index (χ1) is 9.20. The molecule has 19 heavy (non-hydrogen) atoms. The fourth-order valence-corrected chi connectivity index (χ4v) is 3.93. The zero-order valence-electron chi connectivity index (χ0n) is 11.6. The number of aromatic nitrogens is 2. The first kappa shape index (κ1) is 11.9. The Bertz CT molecular complexity index is 455. The van der Waals surface area contributed by atoms with Crippen molar-refractivity contribution in [2.75, 3.05) is 13.1 Å². The highest BCUT2D eigenvalue weighted by Crippen LogP contribution is 2.47. The van der Waals surface area contributed by atoms with Gasteiger partial charge in [-0.15, -0.1) is 10.2 Å². The van der Waals surface area contributed by atoms with Crippen LogP contribution in [-0.2, 0) is 11.3 Å². The van der Waals surface area contributed by atoms with E-state index < -0.39 is 0 Å². The van der Waals surface area contributed by atoms with Crippen LogP contribution in [0, 0.1) is 11.8 Å². The van der Waals surface area contributed by atoms with E-state index in [1.54, 1.807) is 0 Å². The van der Waals surface area contributed by atoms with Gasteiger partial charge in [0, 0.05) is 30.8 Å². The Kier molecular flexibility index (Phi) is 2.67. The Morgan fingerprint density at radius 1 is 1.16 bits per heavy atom. The van der Waals surface area contributed by atoms with Gasteiger partial charge < -0.3 is 9.15 Å². The van der Waals surface area contributed by atoms with Crippen molar-refractivity contribution < 1.29 is 9.15 Å². The highest BCUT2D eigenvalue weighted by atomic mass is 16.5. The molecule has 0 radical (unpaired) electrons. The predicted molar refractivity (Wildman–Crippen MR) is 68.5 cm³/mol. The minimum Gasteiger partial charge on any atom is -0.424 e. The van der Waals surface area contributed by atoms with Gasteiger partial charge in [0.1, 0.15) is 0 Å². The summed E-state index contributed by atoms with van der Waals surface area (Å²) in [6.45, 7) is 7.21. The number of hydrogen-bond acceptors (Lipinski definition) is 5. The summed E-state index contributed by atoms with van der Waals surface area (Å²) in [6.07, 6.45) is 3.57. The minimum absolute atomic E-state index is 0.309. The largest absolute Gasteiger partial charge is 0.424 e. The lowest BCUT2D eigenvalue weighted by Crippen LogP contribution is -2.24. The van der Waals surface area contributed by atoms with Crippen molar-refractivity contribution in [2.45, 2.75) is 51.4 Å². The van der Waals surface area contributed by atoms with E-state index in [9.17, 15) is 0 Å². The summed E-state index contributed by atoms with van der Waals surface area (Å²) in [4.78, 5) is 2.46. The van der Waals surface area contributed by atoms with E-state index in [0.717, 1.165) is 43.3 Å². The lowest BCUT2D eigenvalue weighted by Gasteiger charge is -2.18. The summed E-state index contributed by atoms with van der Waals surface area (Å²) in [6, 6.07) is 0. The van der Waals surface area contributed by atoms with Gasteiger partial charge in [0.2, 0.25) is 11.8 Å². The first-order valence-corrected chi connectivity index (χ1v) is 7.41. The molecule has 3 aliphatic heterocycles. The molecule has 0 aliphatic carbocycles. The molecule has 0 saturated carbocycles. The molecule has 0 aromatic carbocycles. The maximum atomic E-state index is 6.00. The summed E-state index contributed by atoms with van der Waals surface area (Å²) in [5.74, 6) is 3.30. The second-order valence-corrected chi connectivity index (χ2v) is 6.50. The van der Waals surface area contributed by atoms with E-state index in [4.69, 9.17) is 9.15 Å². The smallest absolute Gasteiger partial charge is 0.230 e. The molecule has 0 spiro atoms. The summed E-state index contributed by atoms with van der Waals surface area (Å²) in [7, 11) is 0. The standard InChI is InChI=1S/C14H21N3O2/c1-8(2)14-16-15-13(19-14)7-17-5-9-10(6-17)12-4-3-11(9)18-12/h8-12H,3-7H2,1-2H3. The van der Waals surface area contributed by atoms with Gasteiger partial charge >= 0.3 is 0 Å². The van der Waals surface area contributed by atoms with Crippen molar-refractivity contribution in [1.82, 2.24) is 15.1 Å². The van der Waals surface area contributed by atoms with E-state index in [1.807, 2.05) is 0 Å². The lowest BCUT2D eigenvalue weighted by atomic mass is 9.82. The molecule has 5 nitrogen and oxygen atoms in total. The molecule has 104 valence electrons. The third-order valence-corrected chi connectivity index (χ3v) is 4.86. The van der Waals surface area contributed by atoms with Crippen LogP contribution in [-0.4, -0.2) is 40.4 Å². The molecule has 4 atom stereocenters. The van der Waals surface area contributed by atoms with Gasteiger partial charge in [-0.3, -0.25) is 4.90 Å². The Balaban J connectivity index is 1.42. The topological polar surface area (TPSA) is 51.4 Å². The minimum atomic E-state index is 0.309. The molecule has 4 heterocycles. The zero-order chi connectivity index (χ0) is 13.0. The van der Waals surface area contributed by atoms with Crippen molar-refractivity contribution >= 4 is 0 Å². The molecule has 3 saturated heterocycles. The highest BCUT2D eigenvalue weighted by Gasteiger charge is 2.52. The van der Waals surface area contributed by atoms with E-state index in [0.29, 0.717) is 18.1 Å². The van der Waals surface area contributed by atoms with Crippen LogP contribution in [0.1, 0.15) is 44.4 Å². The number of nitrogens with zero attached hydrogens (tertiary/aromatic N) is 3. The molecule has 3 fully saturated rings. The second-order valence-electron chi connectivity index (χ2n) is 6.50. The van der Waals surface area contributed by atoms with E-state index in [2.05, 4.69) is 28.9 Å².